The molecule has 0 saturated carbocycles. The molecule has 0 atom stereocenters. The van der Waals surface area contributed by atoms with Crippen molar-refractivity contribution in [3.63, 3.8) is 0 Å². The van der Waals surface area contributed by atoms with Crippen molar-refractivity contribution in [1.29, 1.82) is 0 Å². The highest BCUT2D eigenvalue weighted by molar-refractivity contribution is 8.00. The van der Waals surface area contributed by atoms with Gasteiger partial charge < -0.3 is 9.26 Å². The van der Waals surface area contributed by atoms with E-state index >= 15 is 0 Å². The third-order valence-corrected chi connectivity index (χ3v) is 1.83. The zero-order chi connectivity index (χ0) is 9.56. The van der Waals surface area contributed by atoms with Gasteiger partial charge in [0.15, 0.2) is 0 Å². The van der Waals surface area contributed by atoms with E-state index in [0.29, 0.717) is 0 Å². The van der Waals surface area contributed by atoms with Gasteiger partial charge in [-0.25, -0.2) is 0 Å². The van der Waals surface area contributed by atoms with Crippen LogP contribution in [0.5, 0.6) is 0 Å². The van der Waals surface area contributed by atoms with Crippen LogP contribution in [0, 0.1) is 0 Å². The van der Waals surface area contributed by atoms with Gasteiger partial charge in [-0.2, -0.15) is 0 Å². The molecule has 12 heavy (non-hydrogen) atoms. The first kappa shape index (κ1) is 12.4. The summed E-state index contributed by atoms with van der Waals surface area (Å²) in [7, 11) is 0. The summed E-state index contributed by atoms with van der Waals surface area (Å²) < 4.78 is 9.62. The maximum absolute atomic E-state index is 10.9. The molecule has 0 aromatic heterocycles. The Labute approximate surface area is 82.7 Å². The van der Waals surface area contributed by atoms with E-state index in [-0.39, 0.29) is 25.1 Å². The second-order valence-electron chi connectivity index (χ2n) is 2.32. The fourth-order valence-electron chi connectivity index (χ4n) is 0.520. The average Bonchev–Trinajstić information content (AvgIpc) is 1.84. The molecule has 6 heteroatoms. The number of carbonyl (C=O) groups is 1. The summed E-state index contributed by atoms with van der Waals surface area (Å²) in [4.78, 5) is 10.9. The Kier molecular flexibility index (Phi) is 7.16. The van der Waals surface area contributed by atoms with Crippen LogP contribution in [0.4, 0.5) is 0 Å². The minimum atomic E-state index is -1.41. The smallest absolute Gasteiger partial charge is 0.308 e. The third-order valence-electron chi connectivity index (χ3n) is 0.862. The average molecular weight is 233 g/mol. The summed E-state index contributed by atoms with van der Waals surface area (Å²) in [6.07, 6.45) is 0.0993. The molecule has 0 aromatic rings. The highest BCUT2D eigenvalue weighted by Gasteiger charge is 2.06. The van der Waals surface area contributed by atoms with Gasteiger partial charge >= 0.3 is 5.97 Å². The Morgan fingerprint density at radius 1 is 1.50 bits per heavy atom. The molecule has 0 fully saturated rings. The zero-order valence-electron chi connectivity index (χ0n) is 6.92. The van der Waals surface area contributed by atoms with Crippen molar-refractivity contribution in [2.45, 2.75) is 26.4 Å². The molecule has 0 amide bonds. The lowest BCUT2D eigenvalue weighted by Gasteiger charge is -2.07. The Morgan fingerprint density at radius 2 is 2.08 bits per heavy atom. The molecule has 72 valence electrons. The Morgan fingerprint density at radius 3 is 2.50 bits per heavy atom. The molecular weight excluding hydrogens is 222 g/mol. The highest BCUT2D eigenvalue weighted by Crippen LogP contribution is 2.47. The van der Waals surface area contributed by atoms with E-state index in [4.69, 9.17) is 31.7 Å². The minimum Gasteiger partial charge on any atom is -0.463 e. The molecule has 0 rings (SSSR count). The van der Waals surface area contributed by atoms with Crippen LogP contribution in [0.3, 0.4) is 0 Å². The van der Waals surface area contributed by atoms with Crippen LogP contribution in [0.25, 0.3) is 0 Å². The molecule has 0 saturated heterocycles. The monoisotopic (exact) mass is 232 g/mol. The molecular formula is C6H11Cl2O3P. The molecule has 0 heterocycles. The van der Waals surface area contributed by atoms with Crippen LogP contribution in [-0.2, 0) is 14.1 Å². The van der Waals surface area contributed by atoms with E-state index in [9.17, 15) is 4.79 Å². The second kappa shape index (κ2) is 6.90. The molecule has 0 radical (unpaired) electrons. The molecule has 0 spiro atoms. The summed E-state index contributed by atoms with van der Waals surface area (Å²) >= 11 is 10.6. The van der Waals surface area contributed by atoms with Crippen LogP contribution in [0.1, 0.15) is 20.3 Å². The topological polar surface area (TPSA) is 35.5 Å². The summed E-state index contributed by atoms with van der Waals surface area (Å²) in [5.41, 5.74) is 0. The fourth-order valence-corrected chi connectivity index (χ4v) is 1.16. The molecule has 0 bridgehead atoms. The van der Waals surface area contributed by atoms with Crippen LogP contribution < -0.4 is 0 Å². The van der Waals surface area contributed by atoms with Crippen molar-refractivity contribution < 1.29 is 14.1 Å². The van der Waals surface area contributed by atoms with Gasteiger partial charge in [-0.15, -0.1) is 0 Å². The molecule has 0 aliphatic heterocycles. The zero-order valence-corrected chi connectivity index (χ0v) is 9.33. The maximum atomic E-state index is 10.9. The first-order valence-corrected chi connectivity index (χ1v) is 6.53. The van der Waals surface area contributed by atoms with Crippen LogP contribution in [0.2, 0.25) is 0 Å². The lowest BCUT2D eigenvalue weighted by Crippen LogP contribution is -2.12. The number of hydrogen-bond acceptors (Lipinski definition) is 3. The van der Waals surface area contributed by atoms with Gasteiger partial charge in [-0.3, -0.25) is 4.79 Å². The Balaban J connectivity index is 3.32. The molecule has 3 nitrogen and oxygen atoms in total. The first-order chi connectivity index (χ1) is 5.52. The van der Waals surface area contributed by atoms with Gasteiger partial charge in [-0.1, -0.05) is 0 Å². The fraction of sp³-hybridized carbons (Fsp3) is 0.833. The third kappa shape index (κ3) is 8.54. The normalized spacial score (nSPS) is 10.8. The SMILES string of the molecule is CC(C)OC(=O)CCOP(Cl)Cl. The minimum absolute atomic E-state index is 0.0917. The van der Waals surface area contributed by atoms with Crippen LogP contribution in [-0.4, -0.2) is 18.7 Å². The van der Waals surface area contributed by atoms with E-state index in [1.807, 2.05) is 0 Å². The van der Waals surface area contributed by atoms with E-state index in [1.165, 1.54) is 0 Å². The standard InChI is InChI=1S/C6H11Cl2O3P/c1-5(2)11-6(9)3-4-10-12(7)8/h5H,3-4H2,1-2H3. The molecule has 0 aromatic carbocycles. The molecule has 0 aliphatic rings. The summed E-state index contributed by atoms with van der Waals surface area (Å²) in [5.74, 6) is -0.296. The van der Waals surface area contributed by atoms with Gasteiger partial charge in [0, 0.05) is 0 Å². The summed E-state index contributed by atoms with van der Waals surface area (Å²) in [5, 5.41) is 0. The number of rotatable bonds is 5. The van der Waals surface area contributed by atoms with Crippen molar-refractivity contribution in [2.24, 2.45) is 0 Å². The van der Waals surface area contributed by atoms with E-state index in [2.05, 4.69) is 0 Å². The summed E-state index contributed by atoms with van der Waals surface area (Å²) in [6, 6.07) is 0. The molecule has 0 aliphatic carbocycles. The van der Waals surface area contributed by atoms with E-state index < -0.39 is 6.85 Å². The predicted molar refractivity (Wildman–Crippen MR) is 50.4 cm³/mol. The molecule has 0 N–H and O–H groups in total. The van der Waals surface area contributed by atoms with Crippen molar-refractivity contribution >= 4 is 35.3 Å². The van der Waals surface area contributed by atoms with Crippen molar-refractivity contribution in [3.8, 4) is 0 Å². The largest absolute Gasteiger partial charge is 0.463 e. The van der Waals surface area contributed by atoms with Gasteiger partial charge in [0.05, 0.1) is 19.1 Å². The molecule has 0 unspecified atom stereocenters. The van der Waals surface area contributed by atoms with Crippen molar-refractivity contribution in [2.75, 3.05) is 6.61 Å². The van der Waals surface area contributed by atoms with Crippen LogP contribution in [0.15, 0.2) is 0 Å². The number of ether oxygens (including phenoxy) is 1. The summed E-state index contributed by atoms with van der Waals surface area (Å²) in [6.45, 7) is 2.37. The number of carbonyl (C=O) groups excluding carboxylic acids is 1. The van der Waals surface area contributed by atoms with E-state index in [1.54, 1.807) is 13.8 Å². The number of esters is 1. The van der Waals surface area contributed by atoms with Crippen molar-refractivity contribution in [1.82, 2.24) is 0 Å². The van der Waals surface area contributed by atoms with Gasteiger partial charge in [-0.05, 0) is 36.3 Å². The number of halogens is 2. The van der Waals surface area contributed by atoms with Gasteiger partial charge in [0.1, 0.15) is 0 Å². The second-order valence-corrected chi connectivity index (χ2v) is 5.35. The predicted octanol–water partition coefficient (Wildman–Crippen LogP) is 3.05. The first-order valence-electron chi connectivity index (χ1n) is 3.46. The Bertz CT molecular complexity index is 141. The van der Waals surface area contributed by atoms with Crippen molar-refractivity contribution in [3.05, 3.63) is 0 Å². The Hall–Kier alpha value is 0.440. The highest BCUT2D eigenvalue weighted by atomic mass is 35.9. The van der Waals surface area contributed by atoms with Gasteiger partial charge in [0.25, 0.3) is 0 Å². The lowest BCUT2D eigenvalue weighted by atomic mass is 10.4. The van der Waals surface area contributed by atoms with E-state index in [0.717, 1.165) is 0 Å². The van der Waals surface area contributed by atoms with Crippen LogP contribution >= 0.6 is 29.3 Å². The lowest BCUT2D eigenvalue weighted by molar-refractivity contribution is -0.147. The number of hydrogen-bond donors (Lipinski definition) is 0. The van der Waals surface area contributed by atoms with Gasteiger partial charge in [0.2, 0.25) is 6.85 Å². The quantitative estimate of drug-likeness (QED) is 0.540. The maximum Gasteiger partial charge on any atom is 0.308 e.